The summed E-state index contributed by atoms with van der Waals surface area (Å²) in [6.45, 7) is 1.52. The van der Waals surface area contributed by atoms with Gasteiger partial charge >= 0.3 is 6.18 Å². The molecule has 3 N–H and O–H groups in total. The first-order valence-corrected chi connectivity index (χ1v) is 4.47. The number of carbonyl (C=O) groups is 1. The van der Waals surface area contributed by atoms with Gasteiger partial charge in [0.1, 0.15) is 6.54 Å². The lowest BCUT2D eigenvalue weighted by Crippen LogP contribution is -2.48. The Morgan fingerprint density at radius 2 is 1.93 bits per heavy atom. The Bertz CT molecular complexity index is 209. The maximum absolute atomic E-state index is 11.7. The molecule has 0 aromatic carbocycles. The van der Waals surface area contributed by atoms with Gasteiger partial charge in [-0.05, 0) is 13.8 Å². The quantitative estimate of drug-likeness (QED) is 0.622. The zero-order valence-electron chi connectivity index (χ0n) is 8.56. The zero-order chi connectivity index (χ0) is 12.1. The van der Waals surface area contributed by atoms with Crippen molar-refractivity contribution in [3.8, 4) is 0 Å². The number of alkyl halides is 3. The highest BCUT2D eigenvalue weighted by molar-refractivity contribution is 5.81. The van der Waals surface area contributed by atoms with E-state index in [1.165, 1.54) is 6.92 Å². The van der Waals surface area contributed by atoms with Crippen LogP contribution in [-0.2, 0) is 4.79 Å². The third-order valence-corrected chi connectivity index (χ3v) is 1.66. The SMILES string of the molecule is CC(CO)NC(C)C(=O)NCC(F)(F)F. The van der Waals surface area contributed by atoms with Crippen LogP contribution < -0.4 is 10.6 Å². The molecule has 2 unspecified atom stereocenters. The second-order valence-electron chi connectivity index (χ2n) is 3.30. The number of rotatable bonds is 5. The van der Waals surface area contributed by atoms with Crippen LogP contribution in [0.4, 0.5) is 13.2 Å². The highest BCUT2D eigenvalue weighted by atomic mass is 19.4. The molecule has 15 heavy (non-hydrogen) atoms. The van der Waals surface area contributed by atoms with Crippen molar-refractivity contribution >= 4 is 5.91 Å². The number of halogens is 3. The van der Waals surface area contributed by atoms with Gasteiger partial charge in [0.2, 0.25) is 5.91 Å². The highest BCUT2D eigenvalue weighted by Crippen LogP contribution is 2.12. The van der Waals surface area contributed by atoms with Crippen molar-refractivity contribution in [2.24, 2.45) is 0 Å². The van der Waals surface area contributed by atoms with E-state index in [1.54, 1.807) is 12.2 Å². The molecule has 0 saturated heterocycles. The van der Waals surface area contributed by atoms with Crippen LogP contribution in [-0.4, -0.2) is 42.4 Å². The summed E-state index contributed by atoms with van der Waals surface area (Å²) >= 11 is 0. The standard InChI is InChI=1S/C8H15F3N2O2/c1-5(3-14)13-6(2)7(15)12-4-8(9,10)11/h5-6,13-14H,3-4H2,1-2H3,(H,12,15). The lowest BCUT2D eigenvalue weighted by molar-refractivity contribution is -0.139. The minimum atomic E-state index is -4.40. The van der Waals surface area contributed by atoms with E-state index in [9.17, 15) is 18.0 Å². The molecule has 7 heteroatoms. The molecular weight excluding hydrogens is 213 g/mol. The highest BCUT2D eigenvalue weighted by Gasteiger charge is 2.28. The van der Waals surface area contributed by atoms with Crippen molar-refractivity contribution in [1.29, 1.82) is 0 Å². The van der Waals surface area contributed by atoms with E-state index in [0.717, 1.165) is 0 Å². The summed E-state index contributed by atoms with van der Waals surface area (Å²) in [5.41, 5.74) is 0. The van der Waals surface area contributed by atoms with Gasteiger partial charge < -0.3 is 15.7 Å². The number of carbonyl (C=O) groups excluding carboxylic acids is 1. The fraction of sp³-hybridized carbons (Fsp3) is 0.875. The topological polar surface area (TPSA) is 61.4 Å². The molecule has 0 aliphatic carbocycles. The smallest absolute Gasteiger partial charge is 0.395 e. The van der Waals surface area contributed by atoms with Crippen molar-refractivity contribution < 1.29 is 23.1 Å². The van der Waals surface area contributed by atoms with E-state index in [-0.39, 0.29) is 12.6 Å². The van der Waals surface area contributed by atoms with Crippen molar-refractivity contribution in [3.05, 3.63) is 0 Å². The van der Waals surface area contributed by atoms with Gasteiger partial charge in [-0.3, -0.25) is 4.79 Å². The Morgan fingerprint density at radius 3 is 2.33 bits per heavy atom. The van der Waals surface area contributed by atoms with Gasteiger partial charge in [-0.1, -0.05) is 0 Å². The van der Waals surface area contributed by atoms with Gasteiger partial charge in [0, 0.05) is 6.04 Å². The van der Waals surface area contributed by atoms with Crippen LogP contribution in [0.2, 0.25) is 0 Å². The monoisotopic (exact) mass is 228 g/mol. The van der Waals surface area contributed by atoms with Crippen LogP contribution in [0.5, 0.6) is 0 Å². The number of aliphatic hydroxyl groups is 1. The van der Waals surface area contributed by atoms with Crippen molar-refractivity contribution in [3.63, 3.8) is 0 Å². The van der Waals surface area contributed by atoms with Crippen molar-refractivity contribution in [1.82, 2.24) is 10.6 Å². The Kier molecular flexibility index (Phi) is 5.59. The second kappa shape index (κ2) is 5.92. The molecule has 1 amide bonds. The summed E-state index contributed by atoms with van der Waals surface area (Å²) < 4.78 is 35.2. The predicted octanol–water partition coefficient (Wildman–Crippen LogP) is 0.0238. The summed E-state index contributed by atoms with van der Waals surface area (Å²) in [5.74, 6) is -0.743. The average Bonchev–Trinajstić information content (AvgIpc) is 2.12. The van der Waals surface area contributed by atoms with Crippen LogP contribution >= 0.6 is 0 Å². The summed E-state index contributed by atoms with van der Waals surface area (Å²) in [4.78, 5) is 11.1. The third-order valence-electron chi connectivity index (χ3n) is 1.66. The first-order chi connectivity index (χ1) is 6.76. The molecule has 0 saturated carbocycles. The van der Waals surface area contributed by atoms with Gasteiger partial charge in [0.15, 0.2) is 0 Å². The average molecular weight is 228 g/mol. The lowest BCUT2D eigenvalue weighted by atomic mass is 10.2. The normalized spacial score (nSPS) is 15.9. The summed E-state index contributed by atoms with van der Waals surface area (Å²) in [6, 6.07) is -1.11. The number of hydrogen-bond acceptors (Lipinski definition) is 3. The Morgan fingerprint density at radius 1 is 1.40 bits per heavy atom. The van der Waals surface area contributed by atoms with Crippen LogP contribution in [0, 0.1) is 0 Å². The molecule has 2 atom stereocenters. The van der Waals surface area contributed by atoms with E-state index in [2.05, 4.69) is 5.32 Å². The van der Waals surface area contributed by atoms with E-state index in [1.807, 2.05) is 0 Å². The molecule has 0 spiro atoms. The van der Waals surface area contributed by atoms with E-state index in [0.29, 0.717) is 0 Å². The summed E-state index contributed by atoms with van der Waals surface area (Å²) in [6.07, 6.45) is -4.40. The van der Waals surface area contributed by atoms with Gasteiger partial charge in [-0.2, -0.15) is 13.2 Å². The Hall–Kier alpha value is -0.820. The molecule has 0 aliphatic rings. The molecule has 0 fully saturated rings. The first-order valence-electron chi connectivity index (χ1n) is 4.47. The van der Waals surface area contributed by atoms with E-state index < -0.39 is 24.7 Å². The zero-order valence-corrected chi connectivity index (χ0v) is 8.56. The Labute approximate surface area is 85.8 Å². The van der Waals surface area contributed by atoms with Crippen LogP contribution in [0.3, 0.4) is 0 Å². The number of hydrogen-bond donors (Lipinski definition) is 3. The van der Waals surface area contributed by atoms with Gasteiger partial charge in [-0.25, -0.2) is 0 Å². The number of aliphatic hydroxyl groups excluding tert-OH is 1. The molecule has 0 heterocycles. The lowest BCUT2D eigenvalue weighted by Gasteiger charge is -2.18. The fourth-order valence-electron chi connectivity index (χ4n) is 0.896. The van der Waals surface area contributed by atoms with E-state index >= 15 is 0 Å². The predicted molar refractivity (Wildman–Crippen MR) is 48.2 cm³/mol. The fourth-order valence-corrected chi connectivity index (χ4v) is 0.896. The van der Waals surface area contributed by atoms with Gasteiger partial charge in [0.05, 0.1) is 12.6 Å². The molecule has 90 valence electrons. The maximum atomic E-state index is 11.7. The molecule has 0 aliphatic heterocycles. The van der Waals surface area contributed by atoms with Gasteiger partial charge in [0.25, 0.3) is 0 Å². The molecular formula is C8H15F3N2O2. The van der Waals surface area contributed by atoms with Crippen LogP contribution in [0.15, 0.2) is 0 Å². The molecule has 0 rings (SSSR count). The number of nitrogens with one attached hydrogen (secondary N) is 2. The molecule has 0 bridgehead atoms. The van der Waals surface area contributed by atoms with Crippen LogP contribution in [0.25, 0.3) is 0 Å². The minimum Gasteiger partial charge on any atom is -0.395 e. The van der Waals surface area contributed by atoms with Crippen LogP contribution in [0.1, 0.15) is 13.8 Å². The summed E-state index contributed by atoms with van der Waals surface area (Å²) in [7, 11) is 0. The maximum Gasteiger partial charge on any atom is 0.405 e. The minimum absolute atomic E-state index is 0.184. The largest absolute Gasteiger partial charge is 0.405 e. The Balaban J connectivity index is 3.89. The summed E-state index contributed by atoms with van der Waals surface area (Å²) in [5, 5.41) is 13.0. The number of amides is 1. The molecule has 0 aromatic rings. The second-order valence-corrected chi connectivity index (χ2v) is 3.30. The molecule has 0 aromatic heterocycles. The van der Waals surface area contributed by atoms with Gasteiger partial charge in [-0.15, -0.1) is 0 Å². The molecule has 4 nitrogen and oxygen atoms in total. The van der Waals surface area contributed by atoms with E-state index in [4.69, 9.17) is 5.11 Å². The third kappa shape index (κ3) is 7.15. The molecule has 0 radical (unpaired) electrons. The first kappa shape index (κ1) is 14.2. The van der Waals surface area contributed by atoms with Crippen molar-refractivity contribution in [2.45, 2.75) is 32.1 Å². The van der Waals surface area contributed by atoms with Crippen molar-refractivity contribution in [2.75, 3.05) is 13.2 Å².